The van der Waals surface area contributed by atoms with Crippen LogP contribution >= 0.6 is 0 Å². The lowest BCUT2D eigenvalue weighted by Gasteiger charge is -2.25. The van der Waals surface area contributed by atoms with Crippen LogP contribution in [0.1, 0.15) is 23.7 Å². The molecular formula is C12H21N5. The van der Waals surface area contributed by atoms with Crippen LogP contribution in [0, 0.1) is 0 Å². The monoisotopic (exact) mass is 235 g/mol. The number of nitrogens with two attached hydrogens (primary N) is 1. The van der Waals surface area contributed by atoms with E-state index in [1.165, 1.54) is 17.7 Å². The molecule has 2 N–H and O–H groups in total. The Labute approximate surface area is 102 Å². The molecule has 1 atom stereocenters. The third-order valence-corrected chi connectivity index (χ3v) is 4.03. The van der Waals surface area contributed by atoms with Gasteiger partial charge in [0.1, 0.15) is 5.82 Å². The Balaban J connectivity index is 1.95. The molecule has 0 saturated carbocycles. The zero-order valence-corrected chi connectivity index (χ0v) is 10.7. The van der Waals surface area contributed by atoms with Crippen LogP contribution in [0.2, 0.25) is 0 Å². The molecular weight excluding hydrogens is 214 g/mol. The molecule has 0 amide bonds. The molecule has 0 spiro atoms. The summed E-state index contributed by atoms with van der Waals surface area (Å²) < 4.78 is 2.20. The Bertz CT molecular complexity index is 425. The molecule has 3 rings (SSSR count). The van der Waals surface area contributed by atoms with Crippen molar-refractivity contribution in [3.63, 3.8) is 0 Å². The van der Waals surface area contributed by atoms with Gasteiger partial charge in [-0.15, -0.1) is 0 Å². The summed E-state index contributed by atoms with van der Waals surface area (Å²) in [5.74, 6) is 0.752. The first-order chi connectivity index (χ1) is 8.15. The molecule has 17 heavy (non-hydrogen) atoms. The van der Waals surface area contributed by atoms with E-state index in [-0.39, 0.29) is 0 Å². The van der Waals surface area contributed by atoms with Crippen molar-refractivity contribution >= 4 is 5.82 Å². The van der Waals surface area contributed by atoms with Gasteiger partial charge in [-0.05, 0) is 33.5 Å². The highest BCUT2D eigenvalue weighted by Crippen LogP contribution is 2.29. The van der Waals surface area contributed by atoms with Gasteiger partial charge >= 0.3 is 0 Å². The second kappa shape index (κ2) is 3.99. The van der Waals surface area contributed by atoms with E-state index in [9.17, 15) is 0 Å². The third-order valence-electron chi connectivity index (χ3n) is 4.03. The Hall–Kier alpha value is -1.07. The second-order valence-corrected chi connectivity index (χ2v) is 5.45. The van der Waals surface area contributed by atoms with Crippen molar-refractivity contribution in [1.29, 1.82) is 0 Å². The van der Waals surface area contributed by atoms with Crippen LogP contribution in [0.5, 0.6) is 0 Å². The number of fused-ring (bicyclic) bond motifs is 1. The van der Waals surface area contributed by atoms with Gasteiger partial charge in [0, 0.05) is 25.2 Å². The van der Waals surface area contributed by atoms with Crippen molar-refractivity contribution in [2.24, 2.45) is 0 Å². The number of rotatable bonds is 1. The van der Waals surface area contributed by atoms with Crippen molar-refractivity contribution in [1.82, 2.24) is 19.6 Å². The minimum atomic E-state index is 0.512. The minimum Gasteiger partial charge on any atom is -0.382 e. The maximum Gasteiger partial charge on any atom is 0.149 e. The molecule has 0 radical (unpaired) electrons. The predicted molar refractivity (Wildman–Crippen MR) is 67.8 cm³/mol. The summed E-state index contributed by atoms with van der Waals surface area (Å²) in [7, 11) is 4.34. The van der Waals surface area contributed by atoms with Gasteiger partial charge in [-0.1, -0.05) is 0 Å². The van der Waals surface area contributed by atoms with E-state index < -0.39 is 0 Å². The van der Waals surface area contributed by atoms with Crippen LogP contribution in [-0.2, 0) is 13.0 Å². The van der Waals surface area contributed by atoms with Crippen LogP contribution < -0.4 is 5.73 Å². The fourth-order valence-electron chi connectivity index (χ4n) is 3.01. The fourth-order valence-corrected chi connectivity index (χ4v) is 3.01. The topological polar surface area (TPSA) is 50.3 Å². The highest BCUT2D eigenvalue weighted by atomic mass is 15.4. The molecule has 5 heteroatoms. The van der Waals surface area contributed by atoms with E-state index in [0.717, 1.165) is 38.4 Å². The van der Waals surface area contributed by atoms with Gasteiger partial charge < -0.3 is 15.5 Å². The van der Waals surface area contributed by atoms with E-state index in [2.05, 4.69) is 33.7 Å². The summed E-state index contributed by atoms with van der Waals surface area (Å²) in [6.07, 6.45) is 2.23. The van der Waals surface area contributed by atoms with Gasteiger partial charge in [0.05, 0.1) is 11.7 Å². The average Bonchev–Trinajstić information content (AvgIpc) is 2.83. The molecule has 1 aromatic rings. The molecule has 1 fully saturated rings. The highest BCUT2D eigenvalue weighted by Gasteiger charge is 2.28. The van der Waals surface area contributed by atoms with Crippen molar-refractivity contribution in [3.8, 4) is 0 Å². The third kappa shape index (κ3) is 1.83. The number of aromatic nitrogens is 2. The lowest BCUT2D eigenvalue weighted by atomic mass is 10.1. The summed E-state index contributed by atoms with van der Waals surface area (Å²) in [5, 5.41) is 4.58. The molecule has 2 aliphatic rings. The summed E-state index contributed by atoms with van der Waals surface area (Å²) >= 11 is 0. The summed E-state index contributed by atoms with van der Waals surface area (Å²) in [6, 6.07) is 0.512. The second-order valence-electron chi connectivity index (χ2n) is 5.45. The summed E-state index contributed by atoms with van der Waals surface area (Å²) in [6.45, 7) is 4.33. The van der Waals surface area contributed by atoms with Gasteiger partial charge in [0.25, 0.3) is 0 Å². The maximum atomic E-state index is 6.05. The lowest BCUT2D eigenvalue weighted by Crippen LogP contribution is -2.29. The summed E-state index contributed by atoms with van der Waals surface area (Å²) in [4.78, 5) is 4.71. The van der Waals surface area contributed by atoms with Crippen molar-refractivity contribution in [2.45, 2.75) is 25.4 Å². The number of likely N-dealkylation sites (tertiary alicyclic amines) is 1. The minimum absolute atomic E-state index is 0.512. The SMILES string of the molecule is CN1CCc2c(N)nn(C3CCN(C)C3)c2C1. The Kier molecular flexibility index (Phi) is 2.60. The molecule has 94 valence electrons. The van der Waals surface area contributed by atoms with Crippen molar-refractivity contribution in [3.05, 3.63) is 11.3 Å². The lowest BCUT2D eigenvalue weighted by molar-refractivity contribution is 0.290. The normalized spacial score (nSPS) is 26.4. The van der Waals surface area contributed by atoms with Gasteiger partial charge in [-0.3, -0.25) is 4.68 Å². The fraction of sp³-hybridized carbons (Fsp3) is 0.750. The van der Waals surface area contributed by atoms with E-state index >= 15 is 0 Å². The highest BCUT2D eigenvalue weighted by molar-refractivity contribution is 5.44. The Morgan fingerprint density at radius 2 is 2.06 bits per heavy atom. The van der Waals surface area contributed by atoms with Crippen molar-refractivity contribution in [2.75, 3.05) is 39.5 Å². The Morgan fingerprint density at radius 3 is 2.76 bits per heavy atom. The molecule has 1 aromatic heterocycles. The molecule has 2 aliphatic heterocycles. The first-order valence-corrected chi connectivity index (χ1v) is 6.38. The molecule has 3 heterocycles. The smallest absolute Gasteiger partial charge is 0.149 e. The number of nitrogen functional groups attached to an aromatic ring is 1. The molecule has 0 aliphatic carbocycles. The quantitative estimate of drug-likeness (QED) is 0.762. The predicted octanol–water partition coefficient (Wildman–Crippen LogP) is 0.330. The molecule has 0 aromatic carbocycles. The van der Waals surface area contributed by atoms with Crippen molar-refractivity contribution < 1.29 is 0 Å². The molecule has 1 unspecified atom stereocenters. The number of anilines is 1. The largest absolute Gasteiger partial charge is 0.382 e. The molecule has 5 nitrogen and oxygen atoms in total. The van der Waals surface area contributed by atoms with Crippen LogP contribution in [0.25, 0.3) is 0 Å². The standard InChI is InChI=1S/C12H21N5/c1-15-5-3-9(7-15)17-11-8-16(2)6-4-10(11)12(13)14-17/h9H,3-8H2,1-2H3,(H2,13,14). The maximum absolute atomic E-state index is 6.05. The first-order valence-electron chi connectivity index (χ1n) is 6.38. The van der Waals surface area contributed by atoms with Gasteiger partial charge in [0.15, 0.2) is 0 Å². The summed E-state index contributed by atoms with van der Waals surface area (Å²) in [5.41, 5.74) is 8.68. The number of nitrogens with zero attached hydrogens (tertiary/aromatic N) is 4. The van der Waals surface area contributed by atoms with Crippen LogP contribution in [0.4, 0.5) is 5.82 Å². The Morgan fingerprint density at radius 1 is 1.24 bits per heavy atom. The molecule has 1 saturated heterocycles. The van der Waals surface area contributed by atoms with Gasteiger partial charge in [-0.25, -0.2) is 0 Å². The van der Waals surface area contributed by atoms with E-state index in [4.69, 9.17) is 5.73 Å². The van der Waals surface area contributed by atoms with Crippen LogP contribution in [0.3, 0.4) is 0 Å². The average molecular weight is 235 g/mol. The van der Waals surface area contributed by atoms with Gasteiger partial charge in [-0.2, -0.15) is 5.10 Å². The van der Waals surface area contributed by atoms with E-state index in [1.54, 1.807) is 0 Å². The van der Waals surface area contributed by atoms with Gasteiger partial charge in [0.2, 0.25) is 0 Å². The van der Waals surface area contributed by atoms with Crippen LogP contribution in [0.15, 0.2) is 0 Å². The number of likely N-dealkylation sites (N-methyl/N-ethyl adjacent to an activating group) is 2. The zero-order valence-electron chi connectivity index (χ0n) is 10.7. The zero-order chi connectivity index (χ0) is 12.0. The number of hydrogen-bond acceptors (Lipinski definition) is 4. The van der Waals surface area contributed by atoms with E-state index in [0.29, 0.717) is 6.04 Å². The van der Waals surface area contributed by atoms with E-state index in [1.807, 2.05) is 0 Å². The first kappa shape index (κ1) is 11.0. The molecule has 0 bridgehead atoms. The number of hydrogen-bond donors (Lipinski definition) is 1. The van der Waals surface area contributed by atoms with Crippen LogP contribution in [-0.4, -0.2) is 53.3 Å².